The fourth-order valence-corrected chi connectivity index (χ4v) is 3.59. The first kappa shape index (κ1) is 17.1. The topological polar surface area (TPSA) is 0 Å². The second-order valence-electron chi connectivity index (χ2n) is 7.07. The lowest BCUT2D eigenvalue weighted by atomic mass is 9.79. The van der Waals surface area contributed by atoms with Crippen LogP contribution in [-0.4, -0.2) is 0 Å². The van der Waals surface area contributed by atoms with Crippen molar-refractivity contribution in [2.45, 2.75) is 51.4 Å². The molecule has 1 saturated carbocycles. The van der Waals surface area contributed by atoms with E-state index in [0.29, 0.717) is 24.3 Å². The zero-order valence-corrected chi connectivity index (χ0v) is 14.0. The summed E-state index contributed by atoms with van der Waals surface area (Å²) in [6.45, 7) is 2.32. The number of hydrogen-bond acceptors (Lipinski definition) is 0. The van der Waals surface area contributed by atoms with Crippen LogP contribution in [0.5, 0.6) is 0 Å². The Labute approximate surface area is 141 Å². The van der Waals surface area contributed by atoms with Crippen LogP contribution in [0.1, 0.15) is 55.2 Å². The summed E-state index contributed by atoms with van der Waals surface area (Å²) >= 11 is 0. The highest BCUT2D eigenvalue weighted by Crippen LogP contribution is 2.35. The molecule has 0 saturated heterocycles. The quantitative estimate of drug-likeness (QED) is 0.586. The first-order valence-electron chi connectivity index (χ1n) is 8.75. The molecule has 3 heteroatoms. The fourth-order valence-electron chi connectivity index (χ4n) is 3.59. The van der Waals surface area contributed by atoms with E-state index in [1.807, 2.05) is 0 Å². The van der Waals surface area contributed by atoms with E-state index in [4.69, 9.17) is 0 Å². The lowest BCUT2D eigenvalue weighted by molar-refractivity contribution is 0.348. The molecule has 0 bridgehead atoms. The summed E-state index contributed by atoms with van der Waals surface area (Å²) in [5.74, 6) is -2.13. The summed E-state index contributed by atoms with van der Waals surface area (Å²) < 4.78 is 39.4. The van der Waals surface area contributed by atoms with Gasteiger partial charge >= 0.3 is 0 Å². The van der Waals surface area contributed by atoms with Gasteiger partial charge in [-0.15, -0.1) is 0 Å². The highest BCUT2D eigenvalue weighted by atomic mass is 19.2. The van der Waals surface area contributed by atoms with Crippen LogP contribution in [0.3, 0.4) is 0 Å². The van der Waals surface area contributed by atoms with Crippen LogP contribution in [0.2, 0.25) is 0 Å². The van der Waals surface area contributed by atoms with E-state index in [2.05, 4.69) is 31.2 Å². The Kier molecular flexibility index (Phi) is 5.27. The largest absolute Gasteiger partial charge is 0.204 e. The van der Waals surface area contributed by atoms with Crippen molar-refractivity contribution >= 4 is 0 Å². The van der Waals surface area contributed by atoms with E-state index >= 15 is 0 Å². The predicted molar refractivity (Wildman–Crippen MR) is 90.5 cm³/mol. The van der Waals surface area contributed by atoms with E-state index < -0.39 is 17.5 Å². The highest BCUT2D eigenvalue weighted by Gasteiger charge is 2.19. The van der Waals surface area contributed by atoms with Gasteiger partial charge in [0.05, 0.1) is 0 Å². The average molecular weight is 332 g/mol. The summed E-state index contributed by atoms with van der Waals surface area (Å²) in [4.78, 5) is 0. The summed E-state index contributed by atoms with van der Waals surface area (Å²) in [6.07, 6.45) is 6.30. The maximum atomic E-state index is 13.2. The Morgan fingerprint density at radius 1 is 0.792 bits per heavy atom. The van der Waals surface area contributed by atoms with Crippen LogP contribution in [0.15, 0.2) is 36.4 Å². The first-order valence-corrected chi connectivity index (χ1v) is 8.75. The molecule has 0 heterocycles. The number of rotatable bonds is 4. The van der Waals surface area contributed by atoms with Gasteiger partial charge < -0.3 is 0 Å². The standard InChI is InChI=1S/C21H23F3/c1-14-2-8-17(9-3-14)18-10-6-15(7-11-18)4-5-16-12-19(22)21(24)20(23)13-16/h6-7,10-14,17H,2-5,8-9H2,1H3. The van der Waals surface area contributed by atoms with Gasteiger partial charge in [0.1, 0.15) is 0 Å². The van der Waals surface area contributed by atoms with Crippen molar-refractivity contribution in [3.8, 4) is 0 Å². The Balaban J connectivity index is 1.60. The van der Waals surface area contributed by atoms with Gasteiger partial charge in [-0.1, -0.05) is 44.0 Å². The normalized spacial score (nSPS) is 21.0. The van der Waals surface area contributed by atoms with Crippen LogP contribution in [0.25, 0.3) is 0 Å². The Hall–Kier alpha value is -1.77. The lowest BCUT2D eigenvalue weighted by Gasteiger charge is -2.26. The summed E-state index contributed by atoms with van der Waals surface area (Å²) in [7, 11) is 0. The molecule has 0 aliphatic heterocycles. The second kappa shape index (κ2) is 7.42. The van der Waals surface area contributed by atoms with Crippen LogP contribution < -0.4 is 0 Å². The minimum Gasteiger partial charge on any atom is -0.204 e. The molecule has 0 radical (unpaired) electrons. The number of benzene rings is 2. The van der Waals surface area contributed by atoms with Gasteiger partial charge in [-0.3, -0.25) is 0 Å². The van der Waals surface area contributed by atoms with Crippen molar-refractivity contribution in [2.75, 3.05) is 0 Å². The zero-order chi connectivity index (χ0) is 17.1. The molecule has 1 fully saturated rings. The van der Waals surface area contributed by atoms with Crippen LogP contribution in [0, 0.1) is 23.4 Å². The molecule has 0 spiro atoms. The van der Waals surface area contributed by atoms with Gasteiger partial charge in [0.25, 0.3) is 0 Å². The molecule has 0 N–H and O–H groups in total. The summed E-state index contributed by atoms with van der Waals surface area (Å²) in [6, 6.07) is 10.7. The van der Waals surface area contributed by atoms with E-state index in [-0.39, 0.29) is 0 Å². The molecule has 1 aliphatic rings. The molecular weight excluding hydrogens is 309 g/mol. The van der Waals surface area contributed by atoms with Crippen molar-refractivity contribution in [3.05, 3.63) is 70.5 Å². The van der Waals surface area contributed by atoms with E-state index in [9.17, 15) is 13.2 Å². The monoisotopic (exact) mass is 332 g/mol. The Morgan fingerprint density at radius 3 is 1.92 bits per heavy atom. The molecule has 24 heavy (non-hydrogen) atoms. The van der Waals surface area contributed by atoms with Crippen molar-refractivity contribution in [2.24, 2.45) is 5.92 Å². The lowest BCUT2D eigenvalue weighted by Crippen LogP contribution is -2.10. The van der Waals surface area contributed by atoms with Crippen molar-refractivity contribution < 1.29 is 13.2 Å². The minimum absolute atomic E-state index is 0.483. The van der Waals surface area contributed by atoms with Gasteiger partial charge in [-0.25, -0.2) is 13.2 Å². The van der Waals surface area contributed by atoms with Crippen LogP contribution in [-0.2, 0) is 12.8 Å². The SMILES string of the molecule is CC1CCC(c2ccc(CCc3cc(F)c(F)c(F)c3)cc2)CC1. The van der Waals surface area contributed by atoms with Gasteiger partial charge in [-0.05, 0) is 66.3 Å². The second-order valence-corrected chi connectivity index (χ2v) is 7.07. The third kappa shape index (κ3) is 4.00. The molecule has 0 amide bonds. The molecule has 0 unspecified atom stereocenters. The molecule has 0 atom stereocenters. The van der Waals surface area contributed by atoms with Crippen molar-refractivity contribution in [1.29, 1.82) is 0 Å². The Morgan fingerprint density at radius 2 is 1.33 bits per heavy atom. The number of halogens is 3. The van der Waals surface area contributed by atoms with Crippen LogP contribution >= 0.6 is 0 Å². The number of hydrogen-bond donors (Lipinski definition) is 0. The first-order chi connectivity index (χ1) is 11.5. The fraction of sp³-hybridized carbons (Fsp3) is 0.429. The average Bonchev–Trinajstić information content (AvgIpc) is 2.59. The smallest absolute Gasteiger partial charge is 0.194 e. The zero-order valence-electron chi connectivity index (χ0n) is 14.0. The summed E-state index contributed by atoms with van der Waals surface area (Å²) in [5.41, 5.74) is 3.01. The van der Waals surface area contributed by atoms with Gasteiger partial charge in [-0.2, -0.15) is 0 Å². The molecular formula is C21H23F3. The molecule has 128 valence electrons. The van der Waals surface area contributed by atoms with Gasteiger partial charge in [0.15, 0.2) is 17.5 Å². The van der Waals surface area contributed by atoms with Crippen LogP contribution in [0.4, 0.5) is 13.2 Å². The molecule has 2 aromatic carbocycles. The van der Waals surface area contributed by atoms with Crippen molar-refractivity contribution in [1.82, 2.24) is 0 Å². The van der Waals surface area contributed by atoms with Crippen molar-refractivity contribution in [3.63, 3.8) is 0 Å². The molecule has 0 nitrogen and oxygen atoms in total. The molecule has 0 aromatic heterocycles. The third-order valence-corrected chi connectivity index (χ3v) is 5.21. The van der Waals surface area contributed by atoms with Gasteiger partial charge in [0.2, 0.25) is 0 Å². The predicted octanol–water partition coefficient (Wildman–Crippen LogP) is 6.18. The maximum Gasteiger partial charge on any atom is 0.194 e. The molecule has 2 aromatic rings. The molecule has 3 rings (SSSR count). The molecule has 1 aliphatic carbocycles. The Bertz CT molecular complexity index is 660. The number of aryl methyl sites for hydroxylation is 2. The minimum atomic E-state index is -1.40. The highest BCUT2D eigenvalue weighted by molar-refractivity contribution is 5.27. The summed E-state index contributed by atoms with van der Waals surface area (Å²) in [5, 5.41) is 0. The van der Waals surface area contributed by atoms with E-state index in [1.54, 1.807) is 0 Å². The van der Waals surface area contributed by atoms with Gasteiger partial charge in [0, 0.05) is 0 Å². The van der Waals surface area contributed by atoms with E-state index in [0.717, 1.165) is 23.6 Å². The van der Waals surface area contributed by atoms with E-state index in [1.165, 1.54) is 31.2 Å². The maximum absolute atomic E-state index is 13.2. The third-order valence-electron chi connectivity index (χ3n) is 5.21.